The molecule has 2 atom stereocenters. The first kappa shape index (κ1) is 14.8. The SMILES string of the molecule is COc1ccc2c(c1)C(N)C(N1CCOCC1(C)C)CC2. The minimum atomic E-state index is 0.0428. The standard InChI is InChI=1S/C17H26N2O2/c1-17(2)11-21-9-8-19(17)15-7-5-12-4-6-13(20-3)10-14(12)16(15)18/h4,6,10,15-16H,5,7-9,11,18H2,1-3H3. The van der Waals surface area contributed by atoms with Gasteiger partial charge in [0.2, 0.25) is 0 Å². The molecule has 0 amide bonds. The van der Waals surface area contributed by atoms with Crippen LogP contribution in [0.25, 0.3) is 0 Å². The molecule has 0 bridgehead atoms. The van der Waals surface area contributed by atoms with Crippen LogP contribution in [0.15, 0.2) is 18.2 Å². The molecule has 1 aromatic rings. The molecule has 1 saturated heterocycles. The third-order valence-electron chi connectivity index (χ3n) is 4.95. The maximum Gasteiger partial charge on any atom is 0.119 e. The van der Waals surface area contributed by atoms with E-state index in [1.54, 1.807) is 7.11 Å². The first-order chi connectivity index (χ1) is 10.0. The average molecular weight is 290 g/mol. The second-order valence-corrected chi connectivity index (χ2v) is 6.75. The molecule has 0 radical (unpaired) electrons. The smallest absolute Gasteiger partial charge is 0.119 e. The van der Waals surface area contributed by atoms with Crippen LogP contribution in [-0.4, -0.2) is 43.3 Å². The van der Waals surface area contributed by atoms with E-state index in [0.29, 0.717) is 6.04 Å². The van der Waals surface area contributed by atoms with Gasteiger partial charge in [0, 0.05) is 24.2 Å². The fourth-order valence-corrected chi connectivity index (χ4v) is 3.76. The van der Waals surface area contributed by atoms with Crippen molar-refractivity contribution in [3.63, 3.8) is 0 Å². The Morgan fingerprint density at radius 1 is 1.38 bits per heavy atom. The Balaban J connectivity index is 1.89. The zero-order chi connectivity index (χ0) is 15.0. The van der Waals surface area contributed by atoms with E-state index < -0.39 is 0 Å². The number of ether oxygens (including phenoxy) is 2. The Morgan fingerprint density at radius 2 is 2.19 bits per heavy atom. The molecule has 2 aliphatic rings. The number of hydrogen-bond donors (Lipinski definition) is 1. The van der Waals surface area contributed by atoms with Gasteiger partial charge < -0.3 is 15.2 Å². The average Bonchev–Trinajstić information content (AvgIpc) is 2.48. The summed E-state index contributed by atoms with van der Waals surface area (Å²) in [6, 6.07) is 6.73. The summed E-state index contributed by atoms with van der Waals surface area (Å²) < 4.78 is 11.0. The lowest BCUT2D eigenvalue weighted by Gasteiger charge is -2.50. The van der Waals surface area contributed by atoms with Gasteiger partial charge in [0.25, 0.3) is 0 Å². The Bertz CT molecular complexity index is 516. The summed E-state index contributed by atoms with van der Waals surface area (Å²) in [5, 5.41) is 0. The van der Waals surface area contributed by atoms with Gasteiger partial charge in [-0.2, -0.15) is 0 Å². The Kier molecular flexibility index (Phi) is 3.95. The van der Waals surface area contributed by atoms with E-state index >= 15 is 0 Å². The van der Waals surface area contributed by atoms with Crippen molar-refractivity contribution >= 4 is 0 Å². The predicted octanol–water partition coefficient (Wildman–Crippen LogP) is 2.12. The maximum absolute atomic E-state index is 6.63. The van der Waals surface area contributed by atoms with Crippen molar-refractivity contribution in [2.45, 2.75) is 44.3 Å². The van der Waals surface area contributed by atoms with Crippen molar-refractivity contribution in [3.8, 4) is 5.75 Å². The third-order valence-corrected chi connectivity index (χ3v) is 4.95. The summed E-state index contributed by atoms with van der Waals surface area (Å²) in [6.45, 7) is 7.05. The van der Waals surface area contributed by atoms with Crippen LogP contribution in [0.1, 0.15) is 37.4 Å². The van der Waals surface area contributed by atoms with Crippen molar-refractivity contribution in [2.24, 2.45) is 5.73 Å². The van der Waals surface area contributed by atoms with Crippen LogP contribution in [0, 0.1) is 0 Å². The van der Waals surface area contributed by atoms with Crippen LogP contribution >= 0.6 is 0 Å². The lowest BCUT2D eigenvalue weighted by Crippen LogP contribution is -2.60. The summed E-state index contributed by atoms with van der Waals surface area (Å²) in [7, 11) is 1.71. The van der Waals surface area contributed by atoms with E-state index in [1.807, 2.05) is 6.07 Å². The van der Waals surface area contributed by atoms with Crippen molar-refractivity contribution < 1.29 is 9.47 Å². The van der Waals surface area contributed by atoms with Crippen LogP contribution in [0.2, 0.25) is 0 Å². The van der Waals surface area contributed by atoms with E-state index in [0.717, 1.165) is 38.3 Å². The second kappa shape index (κ2) is 5.59. The summed E-state index contributed by atoms with van der Waals surface area (Å²) in [5.41, 5.74) is 9.29. The fraction of sp³-hybridized carbons (Fsp3) is 0.647. The minimum absolute atomic E-state index is 0.0428. The number of nitrogens with two attached hydrogens (primary N) is 1. The summed E-state index contributed by atoms with van der Waals surface area (Å²) in [4.78, 5) is 2.55. The van der Waals surface area contributed by atoms with Crippen molar-refractivity contribution in [1.82, 2.24) is 4.90 Å². The Morgan fingerprint density at radius 3 is 2.90 bits per heavy atom. The second-order valence-electron chi connectivity index (χ2n) is 6.75. The predicted molar refractivity (Wildman–Crippen MR) is 83.6 cm³/mol. The van der Waals surface area contributed by atoms with Crippen LogP contribution in [0.4, 0.5) is 0 Å². The zero-order valence-electron chi connectivity index (χ0n) is 13.3. The molecule has 1 aromatic carbocycles. The normalized spacial score (nSPS) is 29.0. The van der Waals surface area contributed by atoms with Gasteiger partial charge in [0.1, 0.15) is 5.75 Å². The summed E-state index contributed by atoms with van der Waals surface area (Å²) in [6.07, 6.45) is 2.20. The van der Waals surface area contributed by atoms with E-state index in [4.69, 9.17) is 15.2 Å². The first-order valence-electron chi connectivity index (χ1n) is 7.80. The summed E-state index contributed by atoms with van der Waals surface area (Å²) >= 11 is 0. The highest BCUT2D eigenvalue weighted by Gasteiger charge is 2.40. The van der Waals surface area contributed by atoms with E-state index in [-0.39, 0.29) is 11.6 Å². The molecule has 2 N–H and O–H groups in total. The highest BCUT2D eigenvalue weighted by atomic mass is 16.5. The number of rotatable bonds is 2. The molecule has 1 aliphatic carbocycles. The number of fused-ring (bicyclic) bond motifs is 1. The molecule has 2 unspecified atom stereocenters. The molecular formula is C17H26N2O2. The Hall–Kier alpha value is -1.10. The first-order valence-corrected chi connectivity index (χ1v) is 7.80. The van der Waals surface area contributed by atoms with Gasteiger partial charge in [0.05, 0.1) is 20.3 Å². The minimum Gasteiger partial charge on any atom is -0.497 e. The molecule has 4 nitrogen and oxygen atoms in total. The molecule has 21 heavy (non-hydrogen) atoms. The molecule has 0 spiro atoms. The van der Waals surface area contributed by atoms with Crippen molar-refractivity contribution in [3.05, 3.63) is 29.3 Å². The van der Waals surface area contributed by atoms with E-state index in [2.05, 4.69) is 30.9 Å². The molecular weight excluding hydrogens is 264 g/mol. The van der Waals surface area contributed by atoms with Crippen LogP contribution < -0.4 is 10.5 Å². The maximum atomic E-state index is 6.63. The van der Waals surface area contributed by atoms with Gasteiger partial charge in [0.15, 0.2) is 0 Å². The van der Waals surface area contributed by atoms with Gasteiger partial charge in [-0.3, -0.25) is 4.90 Å². The Labute approximate surface area is 127 Å². The van der Waals surface area contributed by atoms with E-state index in [9.17, 15) is 0 Å². The van der Waals surface area contributed by atoms with Crippen LogP contribution in [0.3, 0.4) is 0 Å². The highest BCUT2D eigenvalue weighted by Crippen LogP contribution is 2.37. The van der Waals surface area contributed by atoms with Gasteiger partial charge in [-0.05, 0) is 49.9 Å². The quantitative estimate of drug-likeness (QED) is 0.906. The third kappa shape index (κ3) is 2.68. The molecule has 4 heteroatoms. The van der Waals surface area contributed by atoms with Crippen molar-refractivity contribution in [1.29, 1.82) is 0 Å². The zero-order valence-corrected chi connectivity index (χ0v) is 13.3. The number of aryl methyl sites for hydroxylation is 1. The van der Waals surface area contributed by atoms with E-state index in [1.165, 1.54) is 11.1 Å². The summed E-state index contributed by atoms with van der Waals surface area (Å²) in [5.74, 6) is 0.895. The van der Waals surface area contributed by atoms with Crippen LogP contribution in [0.5, 0.6) is 5.75 Å². The number of hydrogen-bond acceptors (Lipinski definition) is 4. The number of benzene rings is 1. The molecule has 1 aliphatic heterocycles. The van der Waals surface area contributed by atoms with Gasteiger partial charge >= 0.3 is 0 Å². The highest BCUT2D eigenvalue weighted by molar-refractivity contribution is 5.40. The van der Waals surface area contributed by atoms with Gasteiger partial charge in [-0.15, -0.1) is 0 Å². The number of nitrogens with zero attached hydrogens (tertiary/aromatic N) is 1. The lowest BCUT2D eigenvalue weighted by molar-refractivity contribution is -0.0792. The fourth-order valence-electron chi connectivity index (χ4n) is 3.76. The van der Waals surface area contributed by atoms with Gasteiger partial charge in [-0.1, -0.05) is 6.07 Å². The van der Waals surface area contributed by atoms with Gasteiger partial charge in [-0.25, -0.2) is 0 Å². The number of morpholine rings is 1. The molecule has 1 fully saturated rings. The molecule has 0 aromatic heterocycles. The molecule has 0 saturated carbocycles. The topological polar surface area (TPSA) is 47.7 Å². The molecule has 3 rings (SSSR count). The largest absolute Gasteiger partial charge is 0.497 e. The number of methoxy groups -OCH3 is 1. The lowest BCUT2D eigenvalue weighted by atomic mass is 9.81. The molecule has 116 valence electrons. The monoisotopic (exact) mass is 290 g/mol. The molecule has 1 heterocycles. The van der Waals surface area contributed by atoms with Crippen molar-refractivity contribution in [2.75, 3.05) is 26.9 Å². The van der Waals surface area contributed by atoms with Crippen LogP contribution in [-0.2, 0) is 11.2 Å².